The Morgan fingerprint density at radius 3 is 1.71 bits per heavy atom. The molecule has 0 radical (unpaired) electrons. The lowest BCUT2D eigenvalue weighted by atomic mass is 10.0. The highest BCUT2D eigenvalue weighted by atomic mass is 16.6. The fourth-order valence-electron chi connectivity index (χ4n) is 2.74. The van der Waals surface area contributed by atoms with Gasteiger partial charge in [-0.25, -0.2) is 0 Å². The summed E-state index contributed by atoms with van der Waals surface area (Å²) in [6.45, 7) is 3.23. The number of hydrogen-bond acceptors (Lipinski definition) is 4. The SMILES string of the molecule is CCCCCCCCCCCCCCCC(=O)OCCOCCO. The molecule has 0 aliphatic carbocycles. The van der Waals surface area contributed by atoms with Gasteiger partial charge in [0.05, 0.1) is 19.8 Å². The summed E-state index contributed by atoms with van der Waals surface area (Å²) in [5.74, 6) is -0.134. The van der Waals surface area contributed by atoms with Crippen LogP contribution in [0.2, 0.25) is 0 Å². The third kappa shape index (κ3) is 19.4. The second kappa shape index (κ2) is 20.4. The minimum atomic E-state index is -0.134. The molecule has 0 atom stereocenters. The number of hydrogen-bond donors (Lipinski definition) is 1. The molecule has 4 nitrogen and oxygen atoms in total. The lowest BCUT2D eigenvalue weighted by Gasteiger charge is -2.05. The molecule has 0 saturated heterocycles. The van der Waals surface area contributed by atoms with E-state index >= 15 is 0 Å². The van der Waals surface area contributed by atoms with Crippen molar-refractivity contribution in [2.75, 3.05) is 26.4 Å². The molecular weight excluding hydrogens is 304 g/mol. The Morgan fingerprint density at radius 2 is 1.21 bits per heavy atom. The first-order valence-corrected chi connectivity index (χ1v) is 10.2. The van der Waals surface area contributed by atoms with Gasteiger partial charge in [0.1, 0.15) is 6.61 Å². The largest absolute Gasteiger partial charge is 0.463 e. The second-order valence-corrected chi connectivity index (χ2v) is 6.55. The highest BCUT2D eigenvalue weighted by Crippen LogP contribution is 2.13. The van der Waals surface area contributed by atoms with Crippen molar-refractivity contribution in [3.05, 3.63) is 0 Å². The van der Waals surface area contributed by atoms with E-state index in [1.807, 2.05) is 0 Å². The van der Waals surface area contributed by atoms with E-state index in [4.69, 9.17) is 14.6 Å². The van der Waals surface area contributed by atoms with Crippen molar-refractivity contribution in [3.63, 3.8) is 0 Å². The van der Waals surface area contributed by atoms with Gasteiger partial charge >= 0.3 is 5.97 Å². The van der Waals surface area contributed by atoms with Crippen molar-refractivity contribution < 1.29 is 19.4 Å². The summed E-state index contributed by atoms with van der Waals surface area (Å²) in [6.07, 6.45) is 17.5. The molecule has 0 fully saturated rings. The quantitative estimate of drug-likeness (QED) is 0.264. The molecule has 0 bridgehead atoms. The molecule has 0 unspecified atom stereocenters. The van der Waals surface area contributed by atoms with E-state index < -0.39 is 0 Å². The monoisotopic (exact) mass is 344 g/mol. The number of aliphatic hydroxyl groups is 1. The van der Waals surface area contributed by atoms with Gasteiger partial charge in [0.25, 0.3) is 0 Å². The Morgan fingerprint density at radius 1 is 0.708 bits per heavy atom. The number of esters is 1. The maximum absolute atomic E-state index is 11.4. The first-order valence-electron chi connectivity index (χ1n) is 10.2. The summed E-state index contributed by atoms with van der Waals surface area (Å²) in [6, 6.07) is 0. The van der Waals surface area contributed by atoms with E-state index in [1.54, 1.807) is 0 Å². The Kier molecular flexibility index (Phi) is 19.9. The Labute approximate surface area is 149 Å². The number of aliphatic hydroxyl groups excluding tert-OH is 1. The van der Waals surface area contributed by atoms with Gasteiger partial charge in [-0.2, -0.15) is 0 Å². The van der Waals surface area contributed by atoms with E-state index in [0.29, 0.717) is 19.6 Å². The molecule has 0 aromatic heterocycles. The van der Waals surface area contributed by atoms with Gasteiger partial charge in [0.2, 0.25) is 0 Å². The molecule has 0 aliphatic heterocycles. The first kappa shape index (κ1) is 23.4. The van der Waals surface area contributed by atoms with Crippen LogP contribution < -0.4 is 0 Å². The van der Waals surface area contributed by atoms with E-state index in [0.717, 1.165) is 12.8 Å². The fraction of sp³-hybridized carbons (Fsp3) is 0.950. The van der Waals surface area contributed by atoms with Crippen LogP contribution in [0.15, 0.2) is 0 Å². The van der Waals surface area contributed by atoms with Gasteiger partial charge in [0.15, 0.2) is 0 Å². The fourth-order valence-corrected chi connectivity index (χ4v) is 2.74. The highest BCUT2D eigenvalue weighted by Gasteiger charge is 2.02. The van der Waals surface area contributed by atoms with Crippen LogP contribution in [0.1, 0.15) is 96.8 Å². The van der Waals surface area contributed by atoms with Crippen LogP contribution in [-0.2, 0) is 14.3 Å². The average Bonchev–Trinajstić information content (AvgIpc) is 2.59. The van der Waals surface area contributed by atoms with Gasteiger partial charge in [-0.3, -0.25) is 4.79 Å². The molecule has 0 aromatic carbocycles. The third-order valence-electron chi connectivity index (χ3n) is 4.21. The minimum absolute atomic E-state index is 0.00685. The van der Waals surface area contributed by atoms with Crippen LogP contribution in [0.5, 0.6) is 0 Å². The molecule has 0 amide bonds. The summed E-state index contributed by atoms with van der Waals surface area (Å²) in [5, 5.41) is 8.53. The van der Waals surface area contributed by atoms with Crippen molar-refractivity contribution in [1.29, 1.82) is 0 Å². The lowest BCUT2D eigenvalue weighted by Crippen LogP contribution is -2.11. The molecular formula is C20H40O4. The number of carbonyl (C=O) groups excluding carboxylic acids is 1. The molecule has 0 aliphatic rings. The van der Waals surface area contributed by atoms with E-state index in [2.05, 4.69) is 6.92 Å². The van der Waals surface area contributed by atoms with Gasteiger partial charge in [-0.15, -0.1) is 0 Å². The van der Waals surface area contributed by atoms with Crippen LogP contribution in [0.3, 0.4) is 0 Å². The normalized spacial score (nSPS) is 10.9. The summed E-state index contributed by atoms with van der Waals surface area (Å²) >= 11 is 0. The van der Waals surface area contributed by atoms with Crippen molar-refractivity contribution in [2.24, 2.45) is 0 Å². The van der Waals surface area contributed by atoms with Crippen molar-refractivity contribution in [2.45, 2.75) is 96.8 Å². The molecule has 0 saturated carbocycles. The molecule has 4 heteroatoms. The van der Waals surface area contributed by atoms with Gasteiger partial charge in [-0.05, 0) is 6.42 Å². The topological polar surface area (TPSA) is 55.8 Å². The summed E-state index contributed by atoms with van der Waals surface area (Å²) in [5.41, 5.74) is 0. The third-order valence-corrected chi connectivity index (χ3v) is 4.21. The van der Waals surface area contributed by atoms with Crippen LogP contribution in [0.4, 0.5) is 0 Å². The summed E-state index contributed by atoms with van der Waals surface area (Å²) < 4.78 is 10.1. The van der Waals surface area contributed by atoms with Gasteiger partial charge < -0.3 is 14.6 Å². The zero-order valence-corrected chi connectivity index (χ0v) is 15.9. The number of carbonyl (C=O) groups is 1. The standard InChI is InChI=1S/C20H40O4/c1-2-3-4-5-6-7-8-9-10-11-12-13-14-15-20(22)24-19-18-23-17-16-21/h21H,2-19H2,1H3. The molecule has 144 valence electrons. The molecule has 24 heavy (non-hydrogen) atoms. The molecule has 0 heterocycles. The molecule has 1 N–H and O–H groups in total. The molecule has 0 aromatic rings. The second-order valence-electron chi connectivity index (χ2n) is 6.55. The highest BCUT2D eigenvalue weighted by molar-refractivity contribution is 5.69. The van der Waals surface area contributed by atoms with Crippen LogP contribution in [0, 0.1) is 0 Å². The van der Waals surface area contributed by atoms with E-state index in [1.165, 1.54) is 70.6 Å². The van der Waals surface area contributed by atoms with Gasteiger partial charge in [0, 0.05) is 6.42 Å². The minimum Gasteiger partial charge on any atom is -0.463 e. The maximum atomic E-state index is 11.4. The zero-order valence-electron chi connectivity index (χ0n) is 15.9. The molecule has 0 rings (SSSR count). The average molecular weight is 345 g/mol. The van der Waals surface area contributed by atoms with Crippen molar-refractivity contribution in [3.8, 4) is 0 Å². The predicted octanol–water partition coefficient (Wildman–Crippen LogP) is 5.02. The summed E-state index contributed by atoms with van der Waals surface area (Å²) in [4.78, 5) is 11.4. The van der Waals surface area contributed by atoms with Crippen molar-refractivity contribution >= 4 is 5.97 Å². The van der Waals surface area contributed by atoms with Crippen molar-refractivity contribution in [1.82, 2.24) is 0 Å². The van der Waals surface area contributed by atoms with Gasteiger partial charge in [-0.1, -0.05) is 84.0 Å². The smallest absolute Gasteiger partial charge is 0.305 e. The lowest BCUT2D eigenvalue weighted by molar-refractivity contribution is -0.145. The van der Waals surface area contributed by atoms with Crippen LogP contribution in [0.25, 0.3) is 0 Å². The van der Waals surface area contributed by atoms with Crippen LogP contribution in [-0.4, -0.2) is 37.5 Å². The van der Waals surface area contributed by atoms with Crippen LogP contribution >= 0.6 is 0 Å². The molecule has 0 spiro atoms. The first-order chi connectivity index (χ1) is 11.8. The van der Waals surface area contributed by atoms with E-state index in [9.17, 15) is 4.79 Å². The maximum Gasteiger partial charge on any atom is 0.305 e. The number of unbranched alkanes of at least 4 members (excludes halogenated alkanes) is 12. The predicted molar refractivity (Wildman–Crippen MR) is 99.2 cm³/mol. The Bertz CT molecular complexity index is 256. The van der Waals surface area contributed by atoms with E-state index in [-0.39, 0.29) is 19.2 Å². The summed E-state index contributed by atoms with van der Waals surface area (Å²) in [7, 11) is 0. The Hall–Kier alpha value is -0.610. The number of ether oxygens (including phenoxy) is 2. The Balaban J connectivity index is 3.10. The zero-order chi connectivity index (χ0) is 17.7. The number of rotatable bonds is 19.